The number of nitrogens with zero attached hydrogens (tertiary/aromatic N) is 3. The number of nitrogens with one attached hydrogen (secondary N) is 1. The van der Waals surface area contributed by atoms with E-state index in [0.717, 1.165) is 17.0 Å². The number of likely N-dealkylation sites (tertiary alicyclic amines) is 1. The summed E-state index contributed by atoms with van der Waals surface area (Å²) in [5.41, 5.74) is 1.16. The highest BCUT2D eigenvalue weighted by molar-refractivity contribution is 5.86. The molecular formula is C20H25FN4O2. The molecule has 1 fully saturated rings. The van der Waals surface area contributed by atoms with Crippen LogP contribution in [0.15, 0.2) is 30.3 Å². The van der Waals surface area contributed by atoms with E-state index in [1.807, 2.05) is 19.9 Å². The van der Waals surface area contributed by atoms with E-state index in [1.54, 1.807) is 17.0 Å². The number of piperidine rings is 1. The maximum Gasteiger partial charge on any atom is 0.256 e. The van der Waals surface area contributed by atoms with Gasteiger partial charge in [0.2, 0.25) is 0 Å². The van der Waals surface area contributed by atoms with Crippen LogP contribution in [-0.2, 0) is 17.9 Å². The Morgan fingerprint density at radius 3 is 2.56 bits per heavy atom. The predicted molar refractivity (Wildman–Crippen MR) is 99.2 cm³/mol. The number of rotatable bonds is 6. The number of carbonyl (C=O) groups is 1. The van der Waals surface area contributed by atoms with Gasteiger partial charge in [-0.2, -0.15) is 0 Å². The fraction of sp³-hybridized carbons (Fsp3) is 0.450. The molecule has 0 saturated carbocycles. The summed E-state index contributed by atoms with van der Waals surface area (Å²) in [4.78, 5) is 23.1. The van der Waals surface area contributed by atoms with Crippen LogP contribution in [0.2, 0.25) is 0 Å². The number of carbonyl (C=O) groups excluding carboxylic acids is 1. The van der Waals surface area contributed by atoms with Crippen LogP contribution in [0, 0.1) is 19.7 Å². The molecule has 0 spiro atoms. The molecule has 144 valence electrons. The second-order valence-electron chi connectivity index (χ2n) is 7.16. The minimum atomic E-state index is -1.45. The van der Waals surface area contributed by atoms with Crippen molar-refractivity contribution in [3.63, 3.8) is 0 Å². The summed E-state index contributed by atoms with van der Waals surface area (Å²) in [5, 5.41) is 14.0. The molecule has 2 heterocycles. The van der Waals surface area contributed by atoms with Crippen LogP contribution in [0.4, 0.5) is 4.39 Å². The van der Waals surface area contributed by atoms with Crippen molar-refractivity contribution >= 4 is 5.91 Å². The summed E-state index contributed by atoms with van der Waals surface area (Å²) in [6.45, 7) is 5.28. The number of aliphatic hydroxyl groups is 1. The Kier molecular flexibility index (Phi) is 5.82. The number of hydrogen-bond acceptors (Lipinski definition) is 5. The number of aryl methyl sites for hydroxylation is 2. The minimum Gasteiger partial charge on any atom is -0.379 e. The molecule has 2 N–H and O–H groups in total. The van der Waals surface area contributed by atoms with Gasteiger partial charge in [0.1, 0.15) is 11.6 Å². The molecule has 6 nitrogen and oxygen atoms in total. The van der Waals surface area contributed by atoms with E-state index in [2.05, 4.69) is 15.3 Å². The summed E-state index contributed by atoms with van der Waals surface area (Å²) in [7, 11) is 0. The maximum absolute atomic E-state index is 13.1. The first-order valence-corrected chi connectivity index (χ1v) is 9.14. The highest BCUT2D eigenvalue weighted by Crippen LogP contribution is 2.24. The van der Waals surface area contributed by atoms with Gasteiger partial charge in [-0.25, -0.2) is 14.4 Å². The highest BCUT2D eigenvalue weighted by Gasteiger charge is 2.41. The average Bonchev–Trinajstić information content (AvgIpc) is 2.60. The summed E-state index contributed by atoms with van der Waals surface area (Å²) in [5.74, 6) is 0.0347. The van der Waals surface area contributed by atoms with Crippen molar-refractivity contribution in [2.75, 3.05) is 13.1 Å². The predicted octanol–water partition coefficient (Wildman–Crippen LogP) is 1.88. The van der Waals surface area contributed by atoms with Crippen molar-refractivity contribution in [1.29, 1.82) is 0 Å². The molecule has 0 aliphatic carbocycles. The topological polar surface area (TPSA) is 78.4 Å². The Morgan fingerprint density at radius 2 is 1.89 bits per heavy atom. The largest absolute Gasteiger partial charge is 0.379 e. The second kappa shape index (κ2) is 8.10. The molecule has 1 atom stereocenters. The van der Waals surface area contributed by atoms with E-state index in [-0.39, 0.29) is 18.3 Å². The van der Waals surface area contributed by atoms with Gasteiger partial charge in [0.05, 0.1) is 6.54 Å². The minimum absolute atomic E-state index is 0.141. The van der Waals surface area contributed by atoms with Crippen molar-refractivity contribution in [3.8, 4) is 0 Å². The third-order valence-corrected chi connectivity index (χ3v) is 4.72. The lowest BCUT2D eigenvalue weighted by molar-refractivity contribution is -0.157. The molecule has 1 aliphatic heterocycles. The molecule has 0 bridgehead atoms. The molecule has 1 amide bonds. The van der Waals surface area contributed by atoms with Crippen LogP contribution in [0.5, 0.6) is 0 Å². The number of benzene rings is 1. The molecule has 0 radical (unpaired) electrons. The zero-order valence-electron chi connectivity index (χ0n) is 15.7. The maximum atomic E-state index is 13.1. The summed E-state index contributed by atoms with van der Waals surface area (Å²) in [6.07, 6.45) is 1.12. The van der Waals surface area contributed by atoms with E-state index in [9.17, 15) is 14.3 Å². The SMILES string of the molecule is Cc1cc(C)nc(CNCC2(O)CCCN(Cc3ccc(F)cc3)C2=O)n1. The van der Waals surface area contributed by atoms with Crippen molar-refractivity contribution in [2.24, 2.45) is 0 Å². The zero-order chi connectivity index (χ0) is 19.4. The lowest BCUT2D eigenvalue weighted by Crippen LogP contribution is -2.57. The van der Waals surface area contributed by atoms with Crippen LogP contribution in [0.25, 0.3) is 0 Å². The molecule has 2 aromatic rings. The summed E-state index contributed by atoms with van der Waals surface area (Å²) < 4.78 is 13.1. The molecule has 1 unspecified atom stereocenters. The molecular weight excluding hydrogens is 347 g/mol. The smallest absolute Gasteiger partial charge is 0.256 e. The number of hydrogen-bond donors (Lipinski definition) is 2. The van der Waals surface area contributed by atoms with Gasteiger partial charge in [0.15, 0.2) is 5.60 Å². The first-order valence-electron chi connectivity index (χ1n) is 9.14. The van der Waals surface area contributed by atoms with Gasteiger partial charge in [-0.1, -0.05) is 12.1 Å². The summed E-state index contributed by atoms with van der Waals surface area (Å²) in [6, 6.07) is 7.97. The lowest BCUT2D eigenvalue weighted by Gasteiger charge is -2.38. The Balaban J connectivity index is 1.60. The number of halogens is 1. The van der Waals surface area contributed by atoms with Crippen molar-refractivity contribution in [2.45, 2.75) is 45.4 Å². The van der Waals surface area contributed by atoms with Gasteiger partial charge in [-0.15, -0.1) is 0 Å². The third kappa shape index (κ3) is 4.87. The van der Waals surface area contributed by atoms with Crippen molar-refractivity contribution in [1.82, 2.24) is 20.2 Å². The van der Waals surface area contributed by atoms with Crippen LogP contribution in [-0.4, -0.2) is 44.6 Å². The van der Waals surface area contributed by atoms with Crippen molar-refractivity contribution < 1.29 is 14.3 Å². The standard InChI is InChI=1S/C20H25FN4O2/c1-14-10-15(2)24-18(23-14)11-22-13-20(27)8-3-9-25(19(20)26)12-16-4-6-17(21)7-5-16/h4-7,10,22,27H,3,8-9,11-13H2,1-2H3. The Bertz CT molecular complexity index is 792. The van der Waals surface area contributed by atoms with Crippen LogP contribution in [0.1, 0.15) is 35.6 Å². The Hall–Kier alpha value is -2.38. The van der Waals surface area contributed by atoms with Gasteiger partial charge in [0, 0.05) is 31.0 Å². The highest BCUT2D eigenvalue weighted by atomic mass is 19.1. The van der Waals surface area contributed by atoms with E-state index in [0.29, 0.717) is 38.3 Å². The number of amides is 1. The number of aromatic nitrogens is 2. The monoisotopic (exact) mass is 372 g/mol. The van der Waals surface area contributed by atoms with E-state index in [1.165, 1.54) is 12.1 Å². The first-order chi connectivity index (χ1) is 12.9. The molecule has 3 rings (SSSR count). The summed E-state index contributed by atoms with van der Waals surface area (Å²) >= 11 is 0. The average molecular weight is 372 g/mol. The molecule has 7 heteroatoms. The van der Waals surface area contributed by atoms with Gasteiger partial charge in [0.25, 0.3) is 5.91 Å². The molecule has 27 heavy (non-hydrogen) atoms. The van der Waals surface area contributed by atoms with Crippen LogP contribution < -0.4 is 5.32 Å². The molecule has 1 saturated heterocycles. The second-order valence-corrected chi connectivity index (χ2v) is 7.16. The molecule has 1 aromatic heterocycles. The fourth-order valence-electron chi connectivity index (χ4n) is 3.45. The van der Waals surface area contributed by atoms with E-state index < -0.39 is 5.60 Å². The van der Waals surface area contributed by atoms with Gasteiger partial charge in [-0.05, 0) is 50.5 Å². The molecule has 1 aliphatic rings. The molecule has 1 aromatic carbocycles. The first kappa shape index (κ1) is 19.4. The third-order valence-electron chi connectivity index (χ3n) is 4.72. The van der Waals surface area contributed by atoms with Gasteiger partial charge < -0.3 is 15.3 Å². The van der Waals surface area contributed by atoms with Gasteiger partial charge in [-0.3, -0.25) is 4.79 Å². The van der Waals surface area contributed by atoms with E-state index in [4.69, 9.17) is 0 Å². The fourth-order valence-corrected chi connectivity index (χ4v) is 3.45. The lowest BCUT2D eigenvalue weighted by atomic mass is 9.91. The Morgan fingerprint density at radius 1 is 1.22 bits per heavy atom. The van der Waals surface area contributed by atoms with Gasteiger partial charge >= 0.3 is 0 Å². The van der Waals surface area contributed by atoms with E-state index >= 15 is 0 Å². The van der Waals surface area contributed by atoms with Crippen LogP contribution in [0.3, 0.4) is 0 Å². The quantitative estimate of drug-likeness (QED) is 0.810. The zero-order valence-corrected chi connectivity index (χ0v) is 15.7. The van der Waals surface area contributed by atoms with Crippen LogP contribution >= 0.6 is 0 Å². The van der Waals surface area contributed by atoms with Crippen molar-refractivity contribution in [3.05, 3.63) is 58.9 Å². The normalized spacial score (nSPS) is 20.1. The Labute approximate surface area is 158 Å².